The van der Waals surface area contributed by atoms with Gasteiger partial charge < -0.3 is 5.32 Å². The van der Waals surface area contributed by atoms with Crippen molar-refractivity contribution >= 4 is 44.1 Å². The Morgan fingerprint density at radius 2 is 1.96 bits per heavy atom. The summed E-state index contributed by atoms with van der Waals surface area (Å²) >= 11 is 7.65. The van der Waals surface area contributed by atoms with Gasteiger partial charge in [-0.2, -0.15) is 0 Å². The largest absolute Gasteiger partial charge is 0.354 e. The van der Waals surface area contributed by atoms with Gasteiger partial charge in [0.2, 0.25) is 0 Å². The predicted octanol–water partition coefficient (Wildman–Crippen LogP) is 5.17. The van der Waals surface area contributed by atoms with E-state index >= 15 is 0 Å². The minimum Gasteiger partial charge on any atom is -0.354 e. The van der Waals surface area contributed by atoms with Crippen LogP contribution in [0.25, 0.3) is 10.2 Å². The molecule has 0 amide bonds. The molecular formula is C18H17ClN2OS. The maximum absolute atomic E-state index is 12.3. The molecule has 3 rings (SSSR count). The zero-order valence-corrected chi connectivity index (χ0v) is 14.8. The fourth-order valence-corrected chi connectivity index (χ4v) is 3.42. The molecule has 0 radical (unpaired) electrons. The highest BCUT2D eigenvalue weighted by Crippen LogP contribution is 2.31. The first-order chi connectivity index (χ1) is 11.0. The number of rotatable bonds is 4. The lowest BCUT2D eigenvalue weighted by atomic mass is 10.0. The summed E-state index contributed by atoms with van der Waals surface area (Å²) < 4.78 is 1.06. The summed E-state index contributed by atoms with van der Waals surface area (Å²) in [4.78, 5) is 16.9. The zero-order valence-electron chi connectivity index (χ0n) is 13.2. The van der Waals surface area contributed by atoms with Crippen LogP contribution in [-0.2, 0) is 0 Å². The summed E-state index contributed by atoms with van der Waals surface area (Å²) in [6, 6.07) is 9.61. The quantitative estimate of drug-likeness (QED) is 0.664. The minimum absolute atomic E-state index is 0.0575. The van der Waals surface area contributed by atoms with Crippen LogP contribution in [0.15, 0.2) is 30.3 Å². The third-order valence-electron chi connectivity index (χ3n) is 3.98. The summed E-state index contributed by atoms with van der Waals surface area (Å²) in [5, 5.41) is 4.58. The first-order valence-corrected chi connectivity index (χ1v) is 8.55. The van der Waals surface area contributed by atoms with Gasteiger partial charge in [-0.3, -0.25) is 4.79 Å². The van der Waals surface area contributed by atoms with E-state index in [1.165, 1.54) is 16.9 Å². The van der Waals surface area contributed by atoms with E-state index in [-0.39, 0.29) is 12.3 Å². The van der Waals surface area contributed by atoms with Crippen LogP contribution in [0.1, 0.15) is 27.0 Å². The molecule has 1 aromatic heterocycles. The fourth-order valence-electron chi connectivity index (χ4n) is 2.35. The maximum Gasteiger partial charge on any atom is 0.184 e. The molecule has 0 atom stereocenters. The second-order valence-electron chi connectivity index (χ2n) is 5.61. The van der Waals surface area contributed by atoms with Crippen molar-refractivity contribution in [3.05, 3.63) is 57.6 Å². The summed E-state index contributed by atoms with van der Waals surface area (Å²) in [5.41, 5.74) is 4.90. The number of ketones is 1. The summed E-state index contributed by atoms with van der Waals surface area (Å²) in [6.45, 7) is 6.24. The van der Waals surface area contributed by atoms with Crippen LogP contribution in [0.4, 0.5) is 5.13 Å². The molecule has 1 heterocycles. The van der Waals surface area contributed by atoms with Crippen LogP contribution in [0.2, 0.25) is 5.02 Å². The number of nitrogens with one attached hydrogen (secondary N) is 1. The van der Waals surface area contributed by atoms with E-state index in [0.29, 0.717) is 5.02 Å². The molecule has 0 saturated carbocycles. The van der Waals surface area contributed by atoms with Gasteiger partial charge in [0.15, 0.2) is 10.9 Å². The van der Waals surface area contributed by atoms with Crippen LogP contribution in [0.3, 0.4) is 0 Å². The Kier molecular flexibility index (Phi) is 4.37. The Morgan fingerprint density at radius 1 is 1.17 bits per heavy atom. The van der Waals surface area contributed by atoms with E-state index in [9.17, 15) is 4.79 Å². The lowest BCUT2D eigenvalue weighted by Crippen LogP contribution is -2.14. The minimum atomic E-state index is 0.0575. The van der Waals surface area contributed by atoms with Crippen LogP contribution >= 0.6 is 22.9 Å². The molecule has 2 aromatic carbocycles. The molecule has 3 aromatic rings. The Hall–Kier alpha value is -1.91. The average Bonchev–Trinajstić information content (AvgIpc) is 2.95. The third kappa shape index (κ3) is 3.23. The van der Waals surface area contributed by atoms with Gasteiger partial charge in [-0.15, -0.1) is 0 Å². The van der Waals surface area contributed by atoms with Crippen molar-refractivity contribution in [3.63, 3.8) is 0 Å². The number of thiazole rings is 1. The lowest BCUT2D eigenvalue weighted by Gasteiger charge is -2.05. The van der Waals surface area contributed by atoms with E-state index < -0.39 is 0 Å². The predicted molar refractivity (Wildman–Crippen MR) is 98.1 cm³/mol. The number of carbonyl (C=O) groups excluding carboxylic acids is 1. The van der Waals surface area contributed by atoms with Crippen molar-refractivity contribution in [1.82, 2.24) is 4.98 Å². The Labute approximate surface area is 144 Å². The normalized spacial score (nSPS) is 11.0. The van der Waals surface area contributed by atoms with Crippen molar-refractivity contribution in [3.8, 4) is 0 Å². The van der Waals surface area contributed by atoms with Crippen LogP contribution in [0, 0.1) is 20.8 Å². The van der Waals surface area contributed by atoms with Crippen molar-refractivity contribution in [1.29, 1.82) is 0 Å². The number of anilines is 1. The van der Waals surface area contributed by atoms with Crippen LogP contribution < -0.4 is 5.32 Å². The standard InChI is InChI=1S/C18H17ClN2OS/c1-10-4-5-13(8-11(10)2)15(22)9-20-18-21-17-12(3)14(19)6-7-16(17)23-18/h4-8H,9H2,1-3H3,(H,20,21). The number of aryl methyl sites for hydroxylation is 3. The highest BCUT2D eigenvalue weighted by molar-refractivity contribution is 7.22. The van der Waals surface area contributed by atoms with Gasteiger partial charge in [-0.05, 0) is 55.7 Å². The van der Waals surface area contributed by atoms with E-state index in [2.05, 4.69) is 10.3 Å². The monoisotopic (exact) mass is 344 g/mol. The van der Waals surface area contributed by atoms with Gasteiger partial charge in [0.05, 0.1) is 16.8 Å². The fraction of sp³-hybridized carbons (Fsp3) is 0.222. The first kappa shape index (κ1) is 16.0. The summed E-state index contributed by atoms with van der Waals surface area (Å²) in [6.07, 6.45) is 0. The van der Waals surface area contributed by atoms with Crippen LogP contribution in [0.5, 0.6) is 0 Å². The molecule has 0 spiro atoms. The van der Waals surface area contributed by atoms with Crippen LogP contribution in [-0.4, -0.2) is 17.3 Å². The number of halogens is 1. The summed E-state index contributed by atoms with van der Waals surface area (Å²) in [5.74, 6) is 0.0575. The van der Waals surface area contributed by atoms with Gasteiger partial charge >= 0.3 is 0 Å². The summed E-state index contributed by atoms with van der Waals surface area (Å²) in [7, 11) is 0. The number of carbonyl (C=O) groups is 1. The second-order valence-corrected chi connectivity index (χ2v) is 7.05. The maximum atomic E-state index is 12.3. The van der Waals surface area contributed by atoms with E-state index in [1.807, 2.05) is 51.1 Å². The highest BCUT2D eigenvalue weighted by Gasteiger charge is 2.11. The Bertz CT molecular complexity index is 901. The SMILES string of the molecule is Cc1ccc(C(=O)CNc2nc3c(C)c(Cl)ccc3s2)cc1C. The van der Waals surface area contributed by atoms with Crippen molar-refractivity contribution in [2.45, 2.75) is 20.8 Å². The number of Topliss-reactive ketones (excluding diaryl/α,β-unsaturated/α-hetero) is 1. The molecule has 0 unspecified atom stereocenters. The number of benzene rings is 2. The molecule has 0 fully saturated rings. The van der Waals surface area contributed by atoms with Gasteiger partial charge in [0, 0.05) is 10.6 Å². The van der Waals surface area contributed by atoms with Gasteiger partial charge in [0.25, 0.3) is 0 Å². The molecule has 0 saturated heterocycles. The van der Waals surface area contributed by atoms with Crippen molar-refractivity contribution < 1.29 is 4.79 Å². The Balaban J connectivity index is 1.76. The number of nitrogens with zero attached hydrogens (tertiary/aromatic N) is 1. The molecule has 0 aliphatic rings. The molecule has 23 heavy (non-hydrogen) atoms. The van der Waals surface area contributed by atoms with E-state index in [0.717, 1.165) is 32.0 Å². The first-order valence-electron chi connectivity index (χ1n) is 7.35. The molecule has 5 heteroatoms. The van der Waals surface area contributed by atoms with Gasteiger partial charge in [-0.25, -0.2) is 4.98 Å². The van der Waals surface area contributed by atoms with E-state index in [1.54, 1.807) is 0 Å². The number of hydrogen-bond acceptors (Lipinski definition) is 4. The molecule has 0 aliphatic heterocycles. The number of fused-ring (bicyclic) bond motifs is 1. The van der Waals surface area contributed by atoms with Crippen molar-refractivity contribution in [2.24, 2.45) is 0 Å². The van der Waals surface area contributed by atoms with E-state index in [4.69, 9.17) is 11.6 Å². The smallest absolute Gasteiger partial charge is 0.184 e. The topological polar surface area (TPSA) is 42.0 Å². The molecule has 0 aliphatic carbocycles. The molecule has 1 N–H and O–H groups in total. The lowest BCUT2D eigenvalue weighted by molar-refractivity contribution is 0.101. The molecule has 0 bridgehead atoms. The third-order valence-corrected chi connectivity index (χ3v) is 5.36. The highest BCUT2D eigenvalue weighted by atomic mass is 35.5. The average molecular weight is 345 g/mol. The van der Waals surface area contributed by atoms with Gasteiger partial charge in [-0.1, -0.05) is 35.1 Å². The Morgan fingerprint density at radius 3 is 2.70 bits per heavy atom. The second kappa shape index (κ2) is 6.30. The van der Waals surface area contributed by atoms with Gasteiger partial charge in [0.1, 0.15) is 0 Å². The molecule has 3 nitrogen and oxygen atoms in total. The zero-order chi connectivity index (χ0) is 16.6. The number of hydrogen-bond donors (Lipinski definition) is 1. The van der Waals surface area contributed by atoms with Crippen molar-refractivity contribution in [2.75, 3.05) is 11.9 Å². The molecule has 118 valence electrons. The number of aromatic nitrogens is 1. The molecular weight excluding hydrogens is 328 g/mol.